The predicted octanol–water partition coefficient (Wildman–Crippen LogP) is 6.19. The highest BCUT2D eigenvalue weighted by Gasteiger charge is 2.22. The van der Waals surface area contributed by atoms with Crippen molar-refractivity contribution in [2.24, 2.45) is 0 Å². The van der Waals surface area contributed by atoms with E-state index in [-0.39, 0.29) is 6.04 Å². The van der Waals surface area contributed by atoms with E-state index in [0.717, 1.165) is 73.2 Å². The van der Waals surface area contributed by atoms with Gasteiger partial charge in [-0.15, -0.1) is 0 Å². The largest absolute Gasteiger partial charge is 0.496 e. The molecule has 4 heterocycles. The molecule has 0 fully saturated rings. The topological polar surface area (TPSA) is 94.7 Å². The maximum Gasteiger partial charge on any atom is 0.142 e. The Kier molecular flexibility index (Phi) is 5.62. The number of aromatic amines is 1. The minimum atomic E-state index is 0.261. The van der Waals surface area contributed by atoms with Crippen LogP contribution in [-0.2, 0) is 6.42 Å². The Balaban J connectivity index is 1.73. The average molecular weight is 473 g/mol. The molecule has 1 aromatic carbocycles. The lowest BCUT2D eigenvalue weighted by Gasteiger charge is -2.12. The number of ether oxygens (including phenoxy) is 1. The minimum Gasteiger partial charge on any atom is -0.496 e. The number of aryl methyl sites for hydroxylation is 3. The highest BCUT2D eigenvalue weighted by atomic mass is 16.5. The van der Waals surface area contributed by atoms with Crippen LogP contribution in [0.4, 0.5) is 0 Å². The first-order valence-electron chi connectivity index (χ1n) is 12.1. The molecule has 0 bridgehead atoms. The summed E-state index contributed by atoms with van der Waals surface area (Å²) < 4.78 is 13.4. The van der Waals surface area contributed by atoms with Crippen molar-refractivity contribution in [3.05, 3.63) is 52.6 Å². The van der Waals surface area contributed by atoms with Gasteiger partial charge >= 0.3 is 0 Å². The van der Waals surface area contributed by atoms with Gasteiger partial charge in [0.25, 0.3) is 0 Å². The molecule has 8 heteroatoms. The third-order valence-electron chi connectivity index (χ3n) is 6.52. The van der Waals surface area contributed by atoms with Crippen LogP contribution in [0, 0.1) is 20.8 Å². The van der Waals surface area contributed by atoms with Crippen molar-refractivity contribution in [2.75, 3.05) is 7.11 Å². The zero-order valence-corrected chi connectivity index (χ0v) is 21.6. The van der Waals surface area contributed by atoms with Gasteiger partial charge in [0, 0.05) is 40.0 Å². The van der Waals surface area contributed by atoms with Gasteiger partial charge in [0.1, 0.15) is 23.0 Å². The molecule has 0 saturated carbocycles. The number of H-pyrrole nitrogens is 1. The van der Waals surface area contributed by atoms with Gasteiger partial charge in [0.2, 0.25) is 0 Å². The molecule has 0 saturated heterocycles. The van der Waals surface area contributed by atoms with Crippen molar-refractivity contribution in [1.82, 2.24) is 29.9 Å². The molecule has 1 N–H and O–H groups in total. The molecule has 0 spiro atoms. The Bertz CT molecular complexity index is 1530. The van der Waals surface area contributed by atoms with E-state index in [2.05, 4.69) is 60.7 Å². The van der Waals surface area contributed by atoms with E-state index in [1.165, 1.54) is 0 Å². The number of hydrogen-bond donors (Lipinski definition) is 1. The van der Waals surface area contributed by atoms with Gasteiger partial charge in [-0.1, -0.05) is 19.0 Å². The lowest BCUT2D eigenvalue weighted by atomic mass is 10.00. The number of methoxy groups -OCH3 is 1. The number of hydrogen-bond acceptors (Lipinski definition) is 6. The highest BCUT2D eigenvalue weighted by Crippen LogP contribution is 2.40. The molecule has 182 valence electrons. The molecule has 0 aliphatic rings. The monoisotopic (exact) mass is 472 g/mol. The second-order valence-electron chi connectivity index (χ2n) is 9.79. The van der Waals surface area contributed by atoms with Crippen LogP contribution in [0.1, 0.15) is 74.0 Å². The van der Waals surface area contributed by atoms with Crippen LogP contribution in [0.3, 0.4) is 0 Å². The lowest BCUT2D eigenvalue weighted by Crippen LogP contribution is -2.09. The Morgan fingerprint density at radius 2 is 1.83 bits per heavy atom. The fourth-order valence-electron chi connectivity index (χ4n) is 4.87. The summed E-state index contributed by atoms with van der Waals surface area (Å²) in [5, 5.41) is 11.0. The van der Waals surface area contributed by atoms with Crippen LogP contribution < -0.4 is 4.74 Å². The number of nitrogens with zero attached hydrogens (tertiary/aromatic N) is 5. The second-order valence-corrected chi connectivity index (χ2v) is 9.79. The van der Waals surface area contributed by atoms with Crippen molar-refractivity contribution in [3.8, 4) is 16.9 Å². The Labute approximate surface area is 204 Å². The summed E-state index contributed by atoms with van der Waals surface area (Å²) in [5.74, 6) is 2.61. The Hall–Kier alpha value is -3.68. The third-order valence-corrected chi connectivity index (χ3v) is 6.52. The van der Waals surface area contributed by atoms with Crippen molar-refractivity contribution >= 4 is 21.9 Å². The highest BCUT2D eigenvalue weighted by molar-refractivity contribution is 6.09. The van der Waals surface area contributed by atoms with Crippen LogP contribution in [0.15, 0.2) is 22.7 Å². The number of fused-ring (bicyclic) bond motifs is 3. The van der Waals surface area contributed by atoms with Crippen molar-refractivity contribution in [1.29, 1.82) is 0 Å². The van der Waals surface area contributed by atoms with E-state index in [0.29, 0.717) is 12.3 Å². The van der Waals surface area contributed by atoms with Crippen LogP contribution in [0.25, 0.3) is 33.1 Å². The third kappa shape index (κ3) is 3.87. The molecule has 8 nitrogen and oxygen atoms in total. The van der Waals surface area contributed by atoms with Gasteiger partial charge in [-0.05, 0) is 58.7 Å². The first kappa shape index (κ1) is 23.1. The van der Waals surface area contributed by atoms with Crippen molar-refractivity contribution in [2.45, 2.75) is 66.8 Å². The minimum absolute atomic E-state index is 0.261. The van der Waals surface area contributed by atoms with E-state index in [4.69, 9.17) is 24.3 Å². The van der Waals surface area contributed by atoms with Crippen molar-refractivity contribution in [3.63, 3.8) is 0 Å². The number of aromatic nitrogens is 6. The summed E-state index contributed by atoms with van der Waals surface area (Å²) in [6.07, 6.45) is 0.665. The smallest absolute Gasteiger partial charge is 0.142 e. The molecule has 5 aromatic rings. The summed E-state index contributed by atoms with van der Waals surface area (Å²) in [6, 6.07) is 6.63. The van der Waals surface area contributed by atoms with Crippen LogP contribution in [-0.4, -0.2) is 37.0 Å². The standard InChI is InChI=1S/C27H32N6O2/c1-13(2)21-9-18(33(31-21)14(3)4)10-23-26-19-12-24(34-8)20(25-15(5)32-35-16(25)6)11-22(19)30-27(26)29-17(7)28-23/h9,11-14H,10H2,1-8H3,(H,28,29,30). The van der Waals surface area contributed by atoms with E-state index in [1.807, 2.05) is 20.8 Å². The molecule has 0 aliphatic heterocycles. The lowest BCUT2D eigenvalue weighted by molar-refractivity contribution is 0.393. The molecule has 35 heavy (non-hydrogen) atoms. The number of benzene rings is 1. The molecule has 0 radical (unpaired) electrons. The summed E-state index contributed by atoms with van der Waals surface area (Å²) in [6.45, 7) is 14.5. The Morgan fingerprint density at radius 1 is 1.06 bits per heavy atom. The molecule has 0 amide bonds. The van der Waals surface area contributed by atoms with Crippen LogP contribution in [0.5, 0.6) is 5.75 Å². The first-order chi connectivity index (χ1) is 16.7. The van der Waals surface area contributed by atoms with Crippen LogP contribution >= 0.6 is 0 Å². The maximum atomic E-state index is 5.83. The van der Waals surface area contributed by atoms with Gasteiger partial charge < -0.3 is 14.2 Å². The molecular weight excluding hydrogens is 440 g/mol. The van der Waals surface area contributed by atoms with Gasteiger partial charge in [-0.2, -0.15) is 5.10 Å². The van der Waals surface area contributed by atoms with Crippen molar-refractivity contribution < 1.29 is 9.26 Å². The molecular formula is C27H32N6O2. The van der Waals surface area contributed by atoms with Gasteiger partial charge in [0.05, 0.1) is 29.8 Å². The fraction of sp³-hybridized carbons (Fsp3) is 0.407. The Morgan fingerprint density at radius 3 is 2.46 bits per heavy atom. The summed E-state index contributed by atoms with van der Waals surface area (Å²) in [7, 11) is 1.69. The zero-order valence-electron chi connectivity index (χ0n) is 21.6. The fourth-order valence-corrected chi connectivity index (χ4v) is 4.87. The maximum absolute atomic E-state index is 5.83. The average Bonchev–Trinajstić information content (AvgIpc) is 3.47. The second kappa shape index (κ2) is 8.52. The van der Waals surface area contributed by atoms with E-state index >= 15 is 0 Å². The normalized spacial score (nSPS) is 12.1. The zero-order chi connectivity index (χ0) is 25.0. The quantitative estimate of drug-likeness (QED) is 0.316. The van der Waals surface area contributed by atoms with Gasteiger partial charge in [-0.25, -0.2) is 9.97 Å². The molecule has 0 aliphatic carbocycles. The summed E-state index contributed by atoms with van der Waals surface area (Å²) in [4.78, 5) is 13.1. The van der Waals surface area contributed by atoms with Gasteiger partial charge in [-0.3, -0.25) is 4.68 Å². The number of rotatable bonds is 6. The van der Waals surface area contributed by atoms with Gasteiger partial charge in [0.15, 0.2) is 0 Å². The predicted molar refractivity (Wildman–Crippen MR) is 137 cm³/mol. The summed E-state index contributed by atoms with van der Waals surface area (Å²) >= 11 is 0. The SMILES string of the molecule is COc1cc2c(cc1-c1c(C)noc1C)[nH]c1nc(C)nc(Cc3cc(C(C)C)nn3C(C)C)c12. The number of nitrogens with one attached hydrogen (secondary N) is 1. The molecule has 5 rings (SSSR count). The molecule has 0 unspecified atom stereocenters. The molecule has 4 aromatic heterocycles. The van der Waals surface area contributed by atoms with E-state index in [9.17, 15) is 0 Å². The van der Waals surface area contributed by atoms with E-state index in [1.54, 1.807) is 7.11 Å². The summed E-state index contributed by atoms with van der Waals surface area (Å²) in [5.41, 5.74) is 7.73. The van der Waals surface area contributed by atoms with Crippen LogP contribution in [0.2, 0.25) is 0 Å². The van der Waals surface area contributed by atoms with E-state index < -0.39 is 0 Å². The first-order valence-corrected chi connectivity index (χ1v) is 12.1. The molecule has 0 atom stereocenters.